The lowest BCUT2D eigenvalue weighted by molar-refractivity contribution is -0.107. The molecule has 0 spiro atoms. The van der Waals surface area contributed by atoms with E-state index in [1.807, 2.05) is 19.1 Å². The Kier molecular flexibility index (Phi) is 6.36. The Morgan fingerprint density at radius 2 is 2.17 bits per heavy atom. The Morgan fingerprint density at radius 1 is 1.38 bits per heavy atom. The molecule has 2 aromatic heterocycles. The minimum Gasteiger partial charge on any atom is -0.382 e. The van der Waals surface area contributed by atoms with Crippen LogP contribution in [0.4, 0.5) is 17.3 Å². The van der Waals surface area contributed by atoms with E-state index in [2.05, 4.69) is 27.2 Å². The van der Waals surface area contributed by atoms with Crippen LogP contribution in [-0.2, 0) is 11.3 Å². The number of carbonyl (C=O) groups is 1. The van der Waals surface area contributed by atoms with Crippen molar-refractivity contribution in [3.63, 3.8) is 0 Å². The normalized spacial score (nSPS) is 10.5. The van der Waals surface area contributed by atoms with Crippen molar-refractivity contribution in [2.45, 2.75) is 32.0 Å². The quantitative estimate of drug-likeness (QED) is 0.430. The number of thioether (sulfide) groups is 1. The van der Waals surface area contributed by atoms with Crippen molar-refractivity contribution >= 4 is 35.5 Å². The molecule has 2 rings (SSSR count). The highest BCUT2D eigenvalue weighted by Gasteiger charge is 2.18. The standard InChI is InChI=1S/C16H22N6OS/c1-4-7-24-16-20-14(17)13(18-3)15(21-16)22(10-23)9-12-6-5-11(2)19-8-12/h5-6,8,10,18H,4,7,9H2,1-3H3,(H2,17,20,21). The van der Waals surface area contributed by atoms with Crippen LogP contribution in [0.2, 0.25) is 0 Å². The van der Waals surface area contributed by atoms with Gasteiger partial charge in [0.15, 0.2) is 16.8 Å². The van der Waals surface area contributed by atoms with Crippen LogP contribution in [0, 0.1) is 6.92 Å². The zero-order valence-electron chi connectivity index (χ0n) is 14.1. The van der Waals surface area contributed by atoms with Gasteiger partial charge in [-0.25, -0.2) is 9.97 Å². The molecule has 0 radical (unpaired) electrons. The van der Waals surface area contributed by atoms with Crippen LogP contribution in [0.15, 0.2) is 23.5 Å². The number of carbonyl (C=O) groups excluding carboxylic acids is 1. The average molecular weight is 346 g/mol. The SMILES string of the molecule is CCCSc1nc(N)c(NC)c(N(C=O)Cc2ccc(C)nc2)n1. The molecule has 2 aromatic rings. The van der Waals surface area contributed by atoms with Crippen LogP contribution >= 0.6 is 11.8 Å². The van der Waals surface area contributed by atoms with Gasteiger partial charge in [-0.05, 0) is 25.0 Å². The first-order chi connectivity index (χ1) is 11.6. The second-order valence-electron chi connectivity index (χ2n) is 5.23. The molecule has 0 aliphatic rings. The summed E-state index contributed by atoms with van der Waals surface area (Å²) in [6.45, 7) is 4.36. The highest BCUT2D eigenvalue weighted by atomic mass is 32.2. The minimum atomic E-state index is 0.329. The first-order valence-electron chi connectivity index (χ1n) is 7.70. The lowest BCUT2D eigenvalue weighted by atomic mass is 10.2. The fourth-order valence-corrected chi connectivity index (χ4v) is 2.80. The fourth-order valence-electron chi connectivity index (χ4n) is 2.10. The Hall–Kier alpha value is -2.35. The third kappa shape index (κ3) is 4.35. The monoisotopic (exact) mass is 346 g/mol. The van der Waals surface area contributed by atoms with E-state index in [1.165, 1.54) is 16.7 Å². The number of nitrogens with two attached hydrogens (primary N) is 1. The van der Waals surface area contributed by atoms with Gasteiger partial charge in [0.1, 0.15) is 5.69 Å². The molecule has 0 aliphatic carbocycles. The minimum absolute atomic E-state index is 0.329. The van der Waals surface area contributed by atoms with Gasteiger partial charge in [0.05, 0.1) is 6.54 Å². The molecule has 3 N–H and O–H groups in total. The average Bonchev–Trinajstić information content (AvgIpc) is 2.59. The van der Waals surface area contributed by atoms with Crippen LogP contribution in [-0.4, -0.2) is 34.2 Å². The van der Waals surface area contributed by atoms with Gasteiger partial charge in [-0.15, -0.1) is 0 Å². The number of pyridine rings is 1. The maximum atomic E-state index is 11.7. The molecule has 2 heterocycles. The molecule has 0 unspecified atom stereocenters. The Morgan fingerprint density at radius 3 is 2.75 bits per heavy atom. The third-order valence-electron chi connectivity index (χ3n) is 3.31. The summed E-state index contributed by atoms with van der Waals surface area (Å²) in [6, 6.07) is 3.85. The summed E-state index contributed by atoms with van der Waals surface area (Å²) in [5.74, 6) is 1.69. The highest BCUT2D eigenvalue weighted by molar-refractivity contribution is 7.99. The van der Waals surface area contributed by atoms with Gasteiger partial charge in [0.2, 0.25) is 6.41 Å². The number of nitrogens with zero attached hydrogens (tertiary/aromatic N) is 4. The van der Waals surface area contributed by atoms with Crippen LogP contribution < -0.4 is 16.0 Å². The summed E-state index contributed by atoms with van der Waals surface area (Å²) < 4.78 is 0. The zero-order chi connectivity index (χ0) is 17.5. The molecule has 1 amide bonds. The predicted molar refractivity (Wildman–Crippen MR) is 98.2 cm³/mol. The van der Waals surface area contributed by atoms with Crippen molar-refractivity contribution in [1.29, 1.82) is 0 Å². The van der Waals surface area contributed by atoms with E-state index >= 15 is 0 Å². The van der Waals surface area contributed by atoms with Gasteiger partial charge < -0.3 is 11.1 Å². The van der Waals surface area contributed by atoms with Gasteiger partial charge >= 0.3 is 0 Å². The molecule has 8 heteroatoms. The van der Waals surface area contributed by atoms with E-state index in [9.17, 15) is 4.79 Å². The number of amides is 1. The number of rotatable bonds is 8. The van der Waals surface area contributed by atoms with Crippen molar-refractivity contribution in [1.82, 2.24) is 15.0 Å². The number of anilines is 3. The van der Waals surface area contributed by atoms with Gasteiger partial charge in [-0.3, -0.25) is 14.7 Å². The van der Waals surface area contributed by atoms with Crippen molar-refractivity contribution in [3.8, 4) is 0 Å². The molecule has 0 bridgehead atoms. The summed E-state index contributed by atoms with van der Waals surface area (Å²) in [6.07, 6.45) is 3.50. The molecule has 0 atom stereocenters. The number of hydrogen-bond acceptors (Lipinski definition) is 7. The molecule has 24 heavy (non-hydrogen) atoms. The molecule has 0 aliphatic heterocycles. The molecular formula is C16H22N6OS. The first kappa shape index (κ1) is 18.0. The van der Waals surface area contributed by atoms with Crippen LogP contribution in [0.1, 0.15) is 24.6 Å². The van der Waals surface area contributed by atoms with E-state index < -0.39 is 0 Å². The lowest BCUT2D eigenvalue weighted by Crippen LogP contribution is -2.24. The van der Waals surface area contributed by atoms with E-state index in [0.29, 0.717) is 29.0 Å². The molecule has 0 saturated heterocycles. The molecule has 128 valence electrons. The number of nitrogens with one attached hydrogen (secondary N) is 1. The summed E-state index contributed by atoms with van der Waals surface area (Å²) in [5.41, 5.74) is 8.41. The zero-order valence-corrected chi connectivity index (χ0v) is 14.9. The molecule has 0 aromatic carbocycles. The Labute approximate surface area is 146 Å². The second-order valence-corrected chi connectivity index (χ2v) is 6.29. The van der Waals surface area contributed by atoms with Crippen molar-refractivity contribution in [2.24, 2.45) is 0 Å². The molecule has 0 saturated carbocycles. The van der Waals surface area contributed by atoms with E-state index in [-0.39, 0.29) is 0 Å². The summed E-state index contributed by atoms with van der Waals surface area (Å²) >= 11 is 1.52. The van der Waals surface area contributed by atoms with Gasteiger partial charge in [0.25, 0.3) is 0 Å². The number of nitrogen functional groups attached to an aromatic ring is 1. The Bertz CT molecular complexity index is 692. The van der Waals surface area contributed by atoms with Gasteiger partial charge in [-0.2, -0.15) is 0 Å². The summed E-state index contributed by atoms with van der Waals surface area (Å²) in [7, 11) is 1.73. The van der Waals surface area contributed by atoms with Crippen LogP contribution in [0.3, 0.4) is 0 Å². The van der Waals surface area contributed by atoms with Crippen LogP contribution in [0.25, 0.3) is 0 Å². The lowest BCUT2D eigenvalue weighted by Gasteiger charge is -2.21. The van der Waals surface area contributed by atoms with Gasteiger partial charge in [0, 0.05) is 24.7 Å². The van der Waals surface area contributed by atoms with Crippen molar-refractivity contribution in [2.75, 3.05) is 28.8 Å². The summed E-state index contributed by atoms with van der Waals surface area (Å²) in [4.78, 5) is 26.2. The van der Waals surface area contributed by atoms with Crippen molar-refractivity contribution in [3.05, 3.63) is 29.6 Å². The van der Waals surface area contributed by atoms with Crippen molar-refractivity contribution < 1.29 is 4.79 Å². The van der Waals surface area contributed by atoms with E-state index in [1.54, 1.807) is 13.2 Å². The van der Waals surface area contributed by atoms with E-state index in [4.69, 9.17) is 5.73 Å². The molecule has 0 fully saturated rings. The first-order valence-corrected chi connectivity index (χ1v) is 8.69. The highest BCUT2D eigenvalue weighted by Crippen LogP contribution is 2.31. The fraction of sp³-hybridized carbons (Fsp3) is 0.375. The molecule has 7 nitrogen and oxygen atoms in total. The smallest absolute Gasteiger partial charge is 0.215 e. The van der Waals surface area contributed by atoms with Gasteiger partial charge in [-0.1, -0.05) is 24.8 Å². The number of aromatic nitrogens is 3. The number of aryl methyl sites for hydroxylation is 1. The van der Waals surface area contributed by atoms with Crippen LogP contribution in [0.5, 0.6) is 0 Å². The predicted octanol–water partition coefficient (Wildman–Crippen LogP) is 2.47. The largest absolute Gasteiger partial charge is 0.382 e. The Balaban J connectivity index is 2.35. The van der Waals surface area contributed by atoms with E-state index in [0.717, 1.165) is 29.8 Å². The maximum absolute atomic E-state index is 11.7. The third-order valence-corrected chi connectivity index (χ3v) is 4.36. The number of hydrogen-bond donors (Lipinski definition) is 2. The maximum Gasteiger partial charge on any atom is 0.215 e. The molecular weight excluding hydrogens is 324 g/mol. The summed E-state index contributed by atoms with van der Waals surface area (Å²) in [5, 5.41) is 3.55. The topological polar surface area (TPSA) is 97.0 Å². The second kappa shape index (κ2) is 8.49.